The zero-order valence-corrected chi connectivity index (χ0v) is 14.0. The summed E-state index contributed by atoms with van der Waals surface area (Å²) >= 11 is 0. The second kappa shape index (κ2) is 8.53. The number of ketones is 2. The van der Waals surface area contributed by atoms with Gasteiger partial charge in [-0.25, -0.2) is 0 Å². The van der Waals surface area contributed by atoms with Crippen molar-refractivity contribution in [1.29, 1.82) is 0 Å². The van der Waals surface area contributed by atoms with Gasteiger partial charge >= 0.3 is 0 Å². The number of carbonyl (C=O) groups excluding carboxylic acids is 2. The van der Waals surface area contributed by atoms with E-state index < -0.39 is 6.10 Å². The highest BCUT2D eigenvalue weighted by Gasteiger charge is 2.40. The number of unbranched alkanes of at least 4 members (excludes halogenated alkanes) is 5. The Hall–Kier alpha value is -2.08. The number of Topliss-reactive ketones (excluding diaryl/α,β-unsaturated/α-hetero) is 2. The van der Waals surface area contributed by atoms with Crippen LogP contribution in [-0.2, 0) is 11.2 Å². The van der Waals surface area contributed by atoms with Crippen molar-refractivity contribution in [2.24, 2.45) is 0 Å². The molecule has 1 aromatic rings. The van der Waals surface area contributed by atoms with Crippen molar-refractivity contribution in [2.75, 3.05) is 0 Å². The van der Waals surface area contributed by atoms with Gasteiger partial charge in [-0.05, 0) is 24.5 Å². The van der Waals surface area contributed by atoms with Gasteiger partial charge in [-0.2, -0.15) is 0 Å². The van der Waals surface area contributed by atoms with Crippen LogP contribution in [0.5, 0.6) is 0 Å². The lowest BCUT2D eigenvalue weighted by Crippen LogP contribution is -2.23. The average Bonchev–Trinajstić information content (AvgIpc) is 2.80. The third-order valence-electron chi connectivity index (χ3n) is 4.19. The van der Waals surface area contributed by atoms with Crippen molar-refractivity contribution in [3.63, 3.8) is 0 Å². The number of hydrogen-bond acceptors (Lipinski definition) is 3. The van der Waals surface area contributed by atoms with Crippen molar-refractivity contribution < 1.29 is 14.3 Å². The fourth-order valence-corrected chi connectivity index (χ4v) is 2.90. The lowest BCUT2D eigenvalue weighted by atomic mass is 10.0. The van der Waals surface area contributed by atoms with E-state index in [2.05, 4.69) is 19.0 Å². The van der Waals surface area contributed by atoms with Gasteiger partial charge in [0.1, 0.15) is 6.11 Å². The van der Waals surface area contributed by atoms with E-state index in [4.69, 9.17) is 4.74 Å². The van der Waals surface area contributed by atoms with Crippen molar-refractivity contribution >= 4 is 11.6 Å². The molecule has 0 amide bonds. The third kappa shape index (κ3) is 4.22. The fraction of sp³-hybridized carbons (Fsp3) is 0.500. The molecule has 0 heterocycles. The van der Waals surface area contributed by atoms with Gasteiger partial charge in [-0.3, -0.25) is 9.59 Å². The Morgan fingerprint density at radius 1 is 1.00 bits per heavy atom. The highest BCUT2D eigenvalue weighted by atomic mass is 16.5. The van der Waals surface area contributed by atoms with E-state index in [0.29, 0.717) is 11.1 Å². The molecular weight excluding hydrogens is 288 g/mol. The van der Waals surface area contributed by atoms with Crippen LogP contribution in [0, 0.1) is 12.0 Å². The SMILES string of the molecule is CC#COC1C(=O)c2ccc(CCCCCCCC)cc2C1=O. The van der Waals surface area contributed by atoms with Crippen LogP contribution in [0.3, 0.4) is 0 Å². The maximum atomic E-state index is 12.3. The molecule has 0 radical (unpaired) electrons. The van der Waals surface area contributed by atoms with E-state index in [1.807, 2.05) is 12.1 Å². The normalized spacial score (nSPS) is 16.0. The largest absolute Gasteiger partial charge is 0.426 e. The van der Waals surface area contributed by atoms with Crippen LogP contribution in [0.4, 0.5) is 0 Å². The molecule has 0 bridgehead atoms. The van der Waals surface area contributed by atoms with Gasteiger partial charge in [0.25, 0.3) is 0 Å². The van der Waals surface area contributed by atoms with E-state index in [0.717, 1.165) is 18.4 Å². The van der Waals surface area contributed by atoms with Crippen LogP contribution in [0.2, 0.25) is 0 Å². The molecule has 0 aromatic heterocycles. The molecule has 2 rings (SSSR count). The van der Waals surface area contributed by atoms with Crippen molar-refractivity contribution in [2.45, 2.75) is 64.9 Å². The first-order chi connectivity index (χ1) is 11.2. The standard InChI is InChI=1S/C20H24O3/c1-3-5-6-7-8-9-10-15-11-12-16-17(14-15)19(22)20(18(16)21)23-13-4-2/h11-12,14,20H,3,5-10H2,1-2H3. The third-order valence-corrected chi connectivity index (χ3v) is 4.19. The van der Waals surface area contributed by atoms with E-state index in [1.54, 1.807) is 13.0 Å². The first-order valence-corrected chi connectivity index (χ1v) is 8.47. The number of aryl methyl sites for hydroxylation is 1. The Morgan fingerprint density at radius 2 is 1.70 bits per heavy atom. The Morgan fingerprint density at radius 3 is 2.43 bits per heavy atom. The zero-order chi connectivity index (χ0) is 16.7. The summed E-state index contributed by atoms with van der Waals surface area (Å²) in [7, 11) is 0. The van der Waals surface area contributed by atoms with E-state index in [-0.39, 0.29) is 11.6 Å². The monoisotopic (exact) mass is 312 g/mol. The smallest absolute Gasteiger partial charge is 0.235 e. The molecule has 1 aliphatic rings. The molecule has 1 aromatic carbocycles. The maximum absolute atomic E-state index is 12.3. The molecule has 23 heavy (non-hydrogen) atoms. The second-order valence-corrected chi connectivity index (χ2v) is 5.98. The van der Waals surface area contributed by atoms with Gasteiger partial charge in [0.15, 0.2) is 0 Å². The summed E-state index contributed by atoms with van der Waals surface area (Å²) in [4.78, 5) is 24.5. The molecule has 0 aliphatic heterocycles. The molecule has 1 atom stereocenters. The van der Waals surface area contributed by atoms with Gasteiger partial charge in [0, 0.05) is 18.1 Å². The number of fused-ring (bicyclic) bond motifs is 1. The van der Waals surface area contributed by atoms with Gasteiger partial charge in [-0.15, -0.1) is 0 Å². The summed E-state index contributed by atoms with van der Waals surface area (Å²) in [5.74, 6) is 2.00. The molecule has 0 saturated carbocycles. The van der Waals surface area contributed by atoms with Crippen molar-refractivity contribution in [3.8, 4) is 12.0 Å². The molecule has 1 aliphatic carbocycles. The summed E-state index contributed by atoms with van der Waals surface area (Å²) in [5, 5.41) is 0. The maximum Gasteiger partial charge on any atom is 0.235 e. The van der Waals surface area contributed by atoms with Crippen molar-refractivity contribution in [1.82, 2.24) is 0 Å². The molecular formula is C20H24O3. The summed E-state index contributed by atoms with van der Waals surface area (Å²) in [6.07, 6.45) is 9.68. The summed E-state index contributed by atoms with van der Waals surface area (Å²) in [6.45, 7) is 3.82. The summed E-state index contributed by atoms with van der Waals surface area (Å²) in [5.41, 5.74) is 2.06. The Balaban J connectivity index is 1.95. The zero-order valence-electron chi connectivity index (χ0n) is 14.0. The number of carbonyl (C=O) groups is 2. The van der Waals surface area contributed by atoms with E-state index >= 15 is 0 Å². The predicted octanol–water partition coefficient (Wildman–Crippen LogP) is 4.33. The van der Waals surface area contributed by atoms with Crippen LogP contribution < -0.4 is 0 Å². The first kappa shape index (κ1) is 17.3. The Labute approximate surface area is 138 Å². The molecule has 122 valence electrons. The lowest BCUT2D eigenvalue weighted by molar-refractivity contribution is 0.0659. The topological polar surface area (TPSA) is 43.4 Å². The molecule has 0 N–H and O–H groups in total. The van der Waals surface area contributed by atoms with Gasteiger partial charge in [-0.1, -0.05) is 57.1 Å². The van der Waals surface area contributed by atoms with Crippen LogP contribution in [0.25, 0.3) is 0 Å². The lowest BCUT2D eigenvalue weighted by Gasteiger charge is -2.04. The fourth-order valence-electron chi connectivity index (χ4n) is 2.90. The number of rotatable bonds is 8. The van der Waals surface area contributed by atoms with Crippen LogP contribution in [0.1, 0.15) is 78.7 Å². The van der Waals surface area contributed by atoms with Gasteiger partial charge in [0.2, 0.25) is 17.7 Å². The first-order valence-electron chi connectivity index (χ1n) is 8.47. The summed E-state index contributed by atoms with van der Waals surface area (Å²) in [6, 6.07) is 5.55. The van der Waals surface area contributed by atoms with Gasteiger partial charge in [0.05, 0.1) is 0 Å². The average molecular weight is 312 g/mol. The molecule has 0 saturated heterocycles. The highest BCUT2D eigenvalue weighted by molar-refractivity contribution is 6.28. The minimum Gasteiger partial charge on any atom is -0.426 e. The number of benzene rings is 1. The molecule has 1 unspecified atom stereocenters. The molecule has 3 heteroatoms. The van der Waals surface area contributed by atoms with Gasteiger partial charge < -0.3 is 4.74 Å². The second-order valence-electron chi connectivity index (χ2n) is 5.98. The minimum atomic E-state index is -1.08. The minimum absolute atomic E-state index is 0.266. The number of ether oxygens (including phenoxy) is 1. The van der Waals surface area contributed by atoms with Crippen LogP contribution in [-0.4, -0.2) is 17.7 Å². The Kier molecular flexibility index (Phi) is 6.40. The van der Waals surface area contributed by atoms with Crippen LogP contribution >= 0.6 is 0 Å². The quantitative estimate of drug-likeness (QED) is 0.407. The molecule has 0 fully saturated rings. The Bertz CT molecular complexity index is 634. The predicted molar refractivity (Wildman–Crippen MR) is 90.5 cm³/mol. The van der Waals surface area contributed by atoms with E-state index in [9.17, 15) is 9.59 Å². The van der Waals surface area contributed by atoms with E-state index in [1.165, 1.54) is 32.1 Å². The summed E-state index contributed by atoms with van der Waals surface area (Å²) < 4.78 is 5.07. The number of hydrogen-bond donors (Lipinski definition) is 0. The molecule has 3 nitrogen and oxygen atoms in total. The van der Waals surface area contributed by atoms with Crippen molar-refractivity contribution in [3.05, 3.63) is 34.9 Å². The molecule has 0 spiro atoms. The van der Waals surface area contributed by atoms with Crippen LogP contribution in [0.15, 0.2) is 18.2 Å². The highest BCUT2D eigenvalue weighted by Crippen LogP contribution is 2.26.